The summed E-state index contributed by atoms with van der Waals surface area (Å²) >= 11 is 0. The second-order valence-corrected chi connectivity index (χ2v) is 9.29. The zero-order valence-corrected chi connectivity index (χ0v) is 19.4. The molecule has 178 valence electrons. The van der Waals surface area contributed by atoms with E-state index in [2.05, 4.69) is 15.1 Å². The molecule has 1 fully saturated rings. The molecule has 2 aliphatic heterocycles. The minimum atomic E-state index is -3.75. The molecule has 0 aliphatic carbocycles. The molecule has 11 nitrogen and oxygen atoms in total. The Kier molecular flexibility index (Phi) is 8.46. The molecule has 3 rings (SSSR count). The van der Waals surface area contributed by atoms with E-state index in [-0.39, 0.29) is 30.8 Å². The number of carbonyl (C=O) groups is 2. The van der Waals surface area contributed by atoms with Gasteiger partial charge in [0.2, 0.25) is 15.7 Å². The number of hydrogen-bond donors (Lipinski definition) is 3. The number of ether oxygens (including phenoxy) is 2. The van der Waals surface area contributed by atoms with E-state index in [0.29, 0.717) is 18.4 Å². The summed E-state index contributed by atoms with van der Waals surface area (Å²) in [7, 11) is -2.58. The second kappa shape index (κ2) is 10.5. The molecule has 2 unspecified atom stereocenters. The molecule has 1 aromatic rings. The maximum Gasteiger partial charge on any atom is 0.325 e. The first-order valence-corrected chi connectivity index (χ1v) is 11.7. The molecule has 0 bridgehead atoms. The molecule has 2 aliphatic rings. The van der Waals surface area contributed by atoms with E-state index >= 15 is 0 Å². The van der Waals surface area contributed by atoms with Gasteiger partial charge in [-0.2, -0.15) is 4.72 Å². The number of hydrazone groups is 1. The highest BCUT2D eigenvalue weighted by atomic mass is 35.5. The standard InChI is InChI=1S/C19H27N5O6S.ClH/c1-29-18(26)15(23-31(2,27)28)12-24-19(13-6-4-3-5-7-13,14-8-10-21-11-9-14)30-17(22-24)16(20)25;/h3-7,14-15,21,23H,8-12H2,1-2H3,(H2,20,25);1H. The number of rotatable bonds is 8. The van der Waals surface area contributed by atoms with Crippen molar-refractivity contribution in [3.63, 3.8) is 0 Å². The lowest BCUT2D eigenvalue weighted by Crippen LogP contribution is -2.56. The van der Waals surface area contributed by atoms with Gasteiger partial charge >= 0.3 is 11.9 Å². The second-order valence-electron chi connectivity index (χ2n) is 7.51. The largest absolute Gasteiger partial charge is 0.468 e. The fraction of sp³-hybridized carbons (Fsp3) is 0.526. The van der Waals surface area contributed by atoms with Crippen molar-refractivity contribution in [1.82, 2.24) is 15.0 Å². The summed E-state index contributed by atoms with van der Waals surface area (Å²) in [6, 6.07) is 7.90. The highest BCUT2D eigenvalue weighted by Gasteiger charge is 2.54. The number of carbonyl (C=O) groups excluding carboxylic acids is 2. The molecule has 0 aromatic heterocycles. The average Bonchev–Trinajstić information content (AvgIpc) is 3.13. The number of methoxy groups -OCH3 is 1. The molecule has 2 heterocycles. The molecular weight excluding hydrogens is 462 g/mol. The van der Waals surface area contributed by atoms with Crippen LogP contribution in [0.2, 0.25) is 0 Å². The average molecular weight is 490 g/mol. The molecule has 2 atom stereocenters. The summed E-state index contributed by atoms with van der Waals surface area (Å²) in [5.41, 5.74) is 4.95. The zero-order chi connectivity index (χ0) is 22.6. The number of nitrogens with two attached hydrogens (primary N) is 1. The van der Waals surface area contributed by atoms with Gasteiger partial charge in [-0.3, -0.25) is 9.59 Å². The number of primary amides is 1. The first-order chi connectivity index (χ1) is 14.7. The van der Waals surface area contributed by atoms with Gasteiger partial charge in [-0.15, -0.1) is 17.5 Å². The van der Waals surface area contributed by atoms with Crippen LogP contribution < -0.4 is 15.8 Å². The van der Waals surface area contributed by atoms with Crippen molar-refractivity contribution < 1.29 is 27.5 Å². The van der Waals surface area contributed by atoms with E-state index in [0.717, 1.165) is 26.5 Å². The lowest BCUT2D eigenvalue weighted by atomic mass is 9.81. The molecule has 4 N–H and O–H groups in total. The van der Waals surface area contributed by atoms with Gasteiger partial charge in [0, 0.05) is 11.5 Å². The molecule has 0 saturated carbocycles. The van der Waals surface area contributed by atoms with E-state index in [4.69, 9.17) is 15.2 Å². The lowest BCUT2D eigenvalue weighted by Gasteiger charge is -2.44. The highest BCUT2D eigenvalue weighted by Crippen LogP contribution is 2.45. The van der Waals surface area contributed by atoms with Crippen LogP contribution in [0.3, 0.4) is 0 Å². The number of piperidine rings is 1. The Morgan fingerprint density at radius 2 is 1.97 bits per heavy atom. The van der Waals surface area contributed by atoms with Gasteiger partial charge in [0.25, 0.3) is 5.90 Å². The van der Waals surface area contributed by atoms with Gasteiger partial charge < -0.3 is 20.5 Å². The van der Waals surface area contributed by atoms with Crippen LogP contribution in [-0.2, 0) is 34.8 Å². The van der Waals surface area contributed by atoms with Gasteiger partial charge in [-0.25, -0.2) is 13.4 Å². The van der Waals surface area contributed by atoms with Crippen molar-refractivity contribution in [2.45, 2.75) is 24.6 Å². The van der Waals surface area contributed by atoms with Gasteiger partial charge in [-0.1, -0.05) is 30.3 Å². The van der Waals surface area contributed by atoms with Crippen molar-refractivity contribution in [2.75, 3.05) is 33.0 Å². The van der Waals surface area contributed by atoms with Gasteiger partial charge in [0.15, 0.2) is 0 Å². The predicted molar refractivity (Wildman–Crippen MR) is 119 cm³/mol. The zero-order valence-electron chi connectivity index (χ0n) is 17.8. The Labute approximate surface area is 193 Å². The topological polar surface area (TPSA) is 152 Å². The Morgan fingerprint density at radius 1 is 1.34 bits per heavy atom. The molecule has 1 saturated heterocycles. The van der Waals surface area contributed by atoms with E-state index < -0.39 is 33.7 Å². The number of nitrogens with zero attached hydrogens (tertiary/aromatic N) is 2. The lowest BCUT2D eigenvalue weighted by molar-refractivity contribution is -0.151. The number of hydrogen-bond acceptors (Lipinski definition) is 9. The Hall–Kier alpha value is -2.41. The van der Waals surface area contributed by atoms with Crippen molar-refractivity contribution in [3.05, 3.63) is 35.9 Å². The van der Waals surface area contributed by atoms with Gasteiger partial charge in [0.1, 0.15) is 6.04 Å². The van der Waals surface area contributed by atoms with Crippen molar-refractivity contribution in [1.29, 1.82) is 0 Å². The third-order valence-electron chi connectivity index (χ3n) is 5.34. The Morgan fingerprint density at radius 3 is 2.50 bits per heavy atom. The number of halogens is 1. The number of amides is 1. The molecule has 0 radical (unpaired) electrons. The van der Waals surface area contributed by atoms with E-state index in [9.17, 15) is 18.0 Å². The Bertz CT molecular complexity index is 954. The normalized spacial score (nSPS) is 22.3. The molecule has 13 heteroatoms. The van der Waals surface area contributed by atoms with Crippen LogP contribution in [0.4, 0.5) is 0 Å². The third-order valence-corrected chi connectivity index (χ3v) is 6.05. The van der Waals surface area contributed by atoms with Crippen LogP contribution in [-0.4, -0.2) is 70.2 Å². The summed E-state index contributed by atoms with van der Waals surface area (Å²) < 4.78 is 36.9. The fourth-order valence-corrected chi connectivity index (χ4v) is 4.73. The summed E-state index contributed by atoms with van der Waals surface area (Å²) in [5.74, 6) is -2.07. The quantitative estimate of drug-likeness (QED) is 0.412. The molecule has 1 aromatic carbocycles. The van der Waals surface area contributed by atoms with E-state index in [1.165, 1.54) is 5.01 Å². The Balaban J connectivity index is 0.00000363. The van der Waals surface area contributed by atoms with Crippen LogP contribution >= 0.6 is 12.4 Å². The SMILES string of the molecule is COC(=O)C(CN1N=C(C(N)=O)OC1(c1ccccc1)C1CCNCC1)NS(C)(=O)=O.Cl. The molecule has 0 spiro atoms. The van der Waals surface area contributed by atoms with Crippen molar-refractivity contribution in [3.8, 4) is 0 Å². The van der Waals surface area contributed by atoms with Gasteiger partial charge in [-0.05, 0) is 25.9 Å². The minimum absolute atomic E-state index is 0. The van der Waals surface area contributed by atoms with E-state index in [1.807, 2.05) is 30.3 Å². The summed E-state index contributed by atoms with van der Waals surface area (Å²) in [5, 5.41) is 9.00. The highest BCUT2D eigenvalue weighted by molar-refractivity contribution is 7.88. The van der Waals surface area contributed by atoms with Gasteiger partial charge in [0.05, 0.1) is 19.9 Å². The minimum Gasteiger partial charge on any atom is -0.468 e. The molecule has 32 heavy (non-hydrogen) atoms. The van der Waals surface area contributed by atoms with Crippen LogP contribution in [0.1, 0.15) is 18.4 Å². The van der Waals surface area contributed by atoms with Crippen LogP contribution in [0.5, 0.6) is 0 Å². The summed E-state index contributed by atoms with van der Waals surface area (Å²) in [4.78, 5) is 24.3. The number of esters is 1. The first kappa shape index (κ1) is 25.8. The monoisotopic (exact) mass is 489 g/mol. The van der Waals surface area contributed by atoms with Crippen LogP contribution in [0, 0.1) is 5.92 Å². The van der Waals surface area contributed by atoms with E-state index in [1.54, 1.807) is 0 Å². The summed E-state index contributed by atoms with van der Waals surface area (Å²) in [6.45, 7) is 1.23. The first-order valence-electron chi connectivity index (χ1n) is 9.84. The van der Waals surface area contributed by atoms with Crippen LogP contribution in [0.25, 0.3) is 0 Å². The fourth-order valence-electron chi connectivity index (χ4n) is 4.04. The maximum absolute atomic E-state index is 12.3. The number of sulfonamides is 1. The predicted octanol–water partition coefficient (Wildman–Crippen LogP) is -0.517. The molecular formula is C19H28ClN5O6S. The number of nitrogens with one attached hydrogen (secondary N) is 2. The summed E-state index contributed by atoms with van der Waals surface area (Å²) in [6.07, 6.45) is 2.35. The van der Waals surface area contributed by atoms with Crippen molar-refractivity contribution >= 4 is 40.2 Å². The maximum atomic E-state index is 12.3. The van der Waals surface area contributed by atoms with Crippen molar-refractivity contribution in [2.24, 2.45) is 16.8 Å². The third kappa shape index (κ3) is 5.49. The molecule has 1 amide bonds. The number of benzene rings is 1. The smallest absolute Gasteiger partial charge is 0.325 e. The van der Waals surface area contributed by atoms with Crippen LogP contribution in [0.15, 0.2) is 35.4 Å².